The average Bonchev–Trinajstić information content (AvgIpc) is 2.74. The Balaban J connectivity index is 1.98. The van der Waals surface area contributed by atoms with Gasteiger partial charge in [-0.05, 0) is 13.8 Å². The van der Waals surface area contributed by atoms with Crippen molar-refractivity contribution in [3.8, 4) is 0 Å². The van der Waals surface area contributed by atoms with E-state index in [2.05, 4.69) is 27.2 Å². The van der Waals surface area contributed by atoms with Gasteiger partial charge in [0, 0.05) is 11.1 Å². The van der Waals surface area contributed by atoms with Crippen molar-refractivity contribution >= 4 is 16.5 Å². The minimum atomic E-state index is 0.742. The maximum Gasteiger partial charge on any atom is 0.183 e. The highest BCUT2D eigenvalue weighted by molar-refractivity contribution is 7.15. The van der Waals surface area contributed by atoms with E-state index in [0.717, 1.165) is 23.1 Å². The highest BCUT2D eigenvalue weighted by atomic mass is 32.1. The first-order chi connectivity index (χ1) is 6.75. The lowest BCUT2D eigenvalue weighted by Crippen LogP contribution is -1.98. The molecule has 0 saturated carbocycles. The van der Waals surface area contributed by atoms with Crippen molar-refractivity contribution in [1.82, 2.24) is 15.0 Å². The van der Waals surface area contributed by atoms with Crippen molar-refractivity contribution in [2.24, 2.45) is 0 Å². The summed E-state index contributed by atoms with van der Waals surface area (Å²) in [5.41, 5.74) is 2.16. The molecule has 0 aliphatic heterocycles. The summed E-state index contributed by atoms with van der Waals surface area (Å²) in [6.07, 6.45) is 3.48. The van der Waals surface area contributed by atoms with E-state index in [1.54, 1.807) is 23.9 Å². The molecular weight excluding hydrogens is 196 g/mol. The van der Waals surface area contributed by atoms with Gasteiger partial charge in [0.15, 0.2) is 5.13 Å². The molecule has 0 fully saturated rings. The summed E-state index contributed by atoms with van der Waals surface area (Å²) in [6.45, 7) is 4.84. The first-order valence-electron chi connectivity index (χ1n) is 4.41. The van der Waals surface area contributed by atoms with Crippen LogP contribution < -0.4 is 5.32 Å². The van der Waals surface area contributed by atoms with Gasteiger partial charge in [-0.15, -0.1) is 11.3 Å². The third-order valence-electron chi connectivity index (χ3n) is 2.01. The average molecular weight is 208 g/mol. The van der Waals surface area contributed by atoms with Gasteiger partial charge in [0.2, 0.25) is 0 Å². The summed E-state index contributed by atoms with van der Waals surface area (Å²) in [7, 11) is 0. The Morgan fingerprint density at radius 2 is 2.36 bits per heavy atom. The second-order valence-electron chi connectivity index (χ2n) is 3.09. The predicted octanol–water partition coefficient (Wildman–Crippen LogP) is 2.10. The Bertz CT molecular complexity index is 385. The van der Waals surface area contributed by atoms with Crippen molar-refractivity contribution < 1.29 is 0 Å². The molecule has 0 saturated heterocycles. The standard InChI is InChI=1S/C9H12N4S/c1-6-7(2)14-9(13-6)11-4-8-3-10-5-12-8/h3,5H,4H2,1-2H3,(H,10,12)(H,11,13). The van der Waals surface area contributed by atoms with E-state index in [1.165, 1.54) is 4.88 Å². The molecule has 14 heavy (non-hydrogen) atoms. The molecule has 0 radical (unpaired) electrons. The fourth-order valence-corrected chi connectivity index (χ4v) is 1.91. The van der Waals surface area contributed by atoms with Gasteiger partial charge in [-0.25, -0.2) is 9.97 Å². The van der Waals surface area contributed by atoms with E-state index in [0.29, 0.717) is 0 Å². The zero-order valence-electron chi connectivity index (χ0n) is 8.16. The fraction of sp³-hybridized carbons (Fsp3) is 0.333. The minimum absolute atomic E-state index is 0.742. The van der Waals surface area contributed by atoms with E-state index in [1.807, 2.05) is 6.92 Å². The number of aromatic amines is 1. The van der Waals surface area contributed by atoms with Gasteiger partial charge >= 0.3 is 0 Å². The molecule has 2 aromatic rings. The number of rotatable bonds is 3. The molecule has 0 amide bonds. The number of H-pyrrole nitrogens is 1. The van der Waals surface area contributed by atoms with Gasteiger partial charge in [0.25, 0.3) is 0 Å². The van der Waals surface area contributed by atoms with Crippen molar-refractivity contribution in [3.05, 3.63) is 28.8 Å². The number of aryl methyl sites for hydroxylation is 2. The van der Waals surface area contributed by atoms with Crippen LogP contribution in [-0.2, 0) is 6.54 Å². The van der Waals surface area contributed by atoms with Crippen molar-refractivity contribution in [2.75, 3.05) is 5.32 Å². The number of thiazole rings is 1. The summed E-state index contributed by atoms with van der Waals surface area (Å²) in [5, 5.41) is 4.21. The number of hydrogen-bond acceptors (Lipinski definition) is 4. The first-order valence-corrected chi connectivity index (χ1v) is 5.22. The number of nitrogens with one attached hydrogen (secondary N) is 2. The minimum Gasteiger partial charge on any atom is -0.356 e. The molecule has 0 aliphatic rings. The third kappa shape index (κ3) is 1.93. The Hall–Kier alpha value is -1.36. The van der Waals surface area contributed by atoms with Gasteiger partial charge in [-0.3, -0.25) is 0 Å². The van der Waals surface area contributed by atoms with Crippen molar-refractivity contribution in [1.29, 1.82) is 0 Å². The molecule has 74 valence electrons. The maximum absolute atomic E-state index is 4.38. The molecule has 0 aliphatic carbocycles. The van der Waals surface area contributed by atoms with Gasteiger partial charge in [-0.1, -0.05) is 0 Å². The van der Waals surface area contributed by atoms with E-state index in [4.69, 9.17) is 0 Å². The summed E-state index contributed by atoms with van der Waals surface area (Å²) >= 11 is 1.68. The number of nitrogens with zero attached hydrogens (tertiary/aromatic N) is 2. The first kappa shape index (κ1) is 9.21. The number of imidazole rings is 1. The van der Waals surface area contributed by atoms with Gasteiger partial charge in [0.05, 0.1) is 24.3 Å². The van der Waals surface area contributed by atoms with Gasteiger partial charge in [0.1, 0.15) is 0 Å². The van der Waals surface area contributed by atoms with Crippen LogP contribution in [0.1, 0.15) is 16.3 Å². The molecular formula is C9H12N4S. The van der Waals surface area contributed by atoms with Crippen molar-refractivity contribution in [3.63, 3.8) is 0 Å². The lowest BCUT2D eigenvalue weighted by molar-refractivity contribution is 1.06. The molecule has 0 aromatic carbocycles. The highest BCUT2D eigenvalue weighted by Gasteiger charge is 2.02. The topological polar surface area (TPSA) is 53.6 Å². The quantitative estimate of drug-likeness (QED) is 0.812. The van der Waals surface area contributed by atoms with Crippen LogP contribution >= 0.6 is 11.3 Å². The molecule has 4 nitrogen and oxygen atoms in total. The van der Waals surface area contributed by atoms with Crippen LogP contribution in [0.15, 0.2) is 12.5 Å². The third-order valence-corrected chi connectivity index (χ3v) is 3.04. The molecule has 0 spiro atoms. The smallest absolute Gasteiger partial charge is 0.183 e. The zero-order valence-corrected chi connectivity index (χ0v) is 8.98. The Morgan fingerprint density at radius 1 is 1.50 bits per heavy atom. The Morgan fingerprint density at radius 3 is 2.93 bits per heavy atom. The molecule has 2 N–H and O–H groups in total. The Labute approximate surface area is 86.4 Å². The molecule has 0 bridgehead atoms. The van der Waals surface area contributed by atoms with E-state index in [-0.39, 0.29) is 0 Å². The van der Waals surface area contributed by atoms with Crippen LogP contribution in [-0.4, -0.2) is 15.0 Å². The SMILES string of the molecule is Cc1nc(NCc2cnc[nH]2)sc1C. The van der Waals surface area contributed by atoms with Gasteiger partial charge in [-0.2, -0.15) is 0 Å². The number of hydrogen-bond donors (Lipinski definition) is 2. The normalized spacial score (nSPS) is 10.4. The lowest BCUT2D eigenvalue weighted by Gasteiger charge is -1.98. The van der Waals surface area contributed by atoms with Crippen LogP contribution in [0, 0.1) is 13.8 Å². The van der Waals surface area contributed by atoms with Crippen LogP contribution in [0.3, 0.4) is 0 Å². The van der Waals surface area contributed by atoms with Gasteiger partial charge < -0.3 is 10.3 Å². The second kappa shape index (κ2) is 3.79. The molecule has 0 unspecified atom stereocenters. The summed E-state index contributed by atoms with van der Waals surface area (Å²) < 4.78 is 0. The Kier molecular flexibility index (Phi) is 2.49. The second-order valence-corrected chi connectivity index (χ2v) is 4.29. The van der Waals surface area contributed by atoms with Crippen LogP contribution in [0.25, 0.3) is 0 Å². The molecule has 5 heteroatoms. The fourth-order valence-electron chi connectivity index (χ4n) is 1.10. The lowest BCUT2D eigenvalue weighted by atomic mass is 10.4. The summed E-state index contributed by atoms with van der Waals surface area (Å²) in [5.74, 6) is 0. The van der Waals surface area contributed by atoms with Crippen molar-refractivity contribution in [2.45, 2.75) is 20.4 Å². The monoisotopic (exact) mass is 208 g/mol. The molecule has 0 atom stereocenters. The highest BCUT2D eigenvalue weighted by Crippen LogP contribution is 2.21. The number of anilines is 1. The zero-order chi connectivity index (χ0) is 9.97. The largest absolute Gasteiger partial charge is 0.356 e. The predicted molar refractivity (Wildman–Crippen MR) is 57.5 cm³/mol. The van der Waals surface area contributed by atoms with E-state index < -0.39 is 0 Å². The van der Waals surface area contributed by atoms with Crippen LogP contribution in [0.2, 0.25) is 0 Å². The number of aromatic nitrogens is 3. The van der Waals surface area contributed by atoms with E-state index >= 15 is 0 Å². The van der Waals surface area contributed by atoms with E-state index in [9.17, 15) is 0 Å². The molecule has 2 heterocycles. The molecule has 2 rings (SSSR count). The molecule has 2 aromatic heterocycles. The summed E-state index contributed by atoms with van der Waals surface area (Å²) in [4.78, 5) is 12.6. The maximum atomic E-state index is 4.38. The van der Waals surface area contributed by atoms with Crippen LogP contribution in [0.5, 0.6) is 0 Å². The van der Waals surface area contributed by atoms with Crippen LogP contribution in [0.4, 0.5) is 5.13 Å². The summed E-state index contributed by atoms with van der Waals surface area (Å²) in [6, 6.07) is 0.